The molecule has 0 spiro atoms. The van der Waals surface area contributed by atoms with E-state index in [9.17, 15) is 4.79 Å². The Morgan fingerprint density at radius 1 is 1.28 bits per heavy atom. The largest absolute Gasteiger partial charge is 0.493 e. The second-order valence-electron chi connectivity index (χ2n) is 6.09. The number of carbonyl (C=O) groups is 1. The molecule has 0 bridgehead atoms. The van der Waals surface area contributed by atoms with Crippen LogP contribution in [0.2, 0.25) is 0 Å². The first kappa shape index (κ1) is 17.8. The van der Waals surface area contributed by atoms with Gasteiger partial charge < -0.3 is 18.9 Å². The number of nitrogens with zero attached hydrogens (tertiary/aromatic N) is 3. The van der Waals surface area contributed by atoms with Gasteiger partial charge in [-0.2, -0.15) is 0 Å². The molecule has 1 aliphatic heterocycles. The molecule has 6 nitrogen and oxygen atoms in total. The second kappa shape index (κ2) is 7.47. The highest BCUT2D eigenvalue weighted by Gasteiger charge is 2.25. The lowest BCUT2D eigenvalue weighted by atomic mass is 10.1. The lowest BCUT2D eigenvalue weighted by Gasteiger charge is -2.27. The molecule has 3 rings (SSSR count). The van der Waals surface area contributed by atoms with Gasteiger partial charge in [0, 0.05) is 26.4 Å². The van der Waals surface area contributed by atoms with Crippen LogP contribution in [0.5, 0.6) is 11.5 Å². The van der Waals surface area contributed by atoms with Crippen molar-refractivity contribution in [1.82, 2.24) is 14.5 Å². The molecule has 134 valence electrons. The summed E-state index contributed by atoms with van der Waals surface area (Å²) in [6.07, 6.45) is 1.96. The standard InChI is InChI=1S/C18H22BrN3O3/c1-21-14-11-22(9-8-13(14)20-18(21)19)17(23)7-5-12-4-6-15(24-2)16(10-12)25-3/h4,6,10H,5,7-9,11H2,1-3H3. The maximum Gasteiger partial charge on any atom is 0.223 e. The fourth-order valence-electron chi connectivity index (χ4n) is 3.11. The molecule has 0 fully saturated rings. The van der Waals surface area contributed by atoms with Gasteiger partial charge in [0.05, 0.1) is 32.2 Å². The monoisotopic (exact) mass is 407 g/mol. The number of amides is 1. The average Bonchev–Trinajstić information content (AvgIpc) is 2.93. The number of aromatic nitrogens is 2. The van der Waals surface area contributed by atoms with Gasteiger partial charge in [0.15, 0.2) is 16.2 Å². The van der Waals surface area contributed by atoms with Crippen LogP contribution in [0.25, 0.3) is 0 Å². The molecule has 25 heavy (non-hydrogen) atoms. The minimum absolute atomic E-state index is 0.165. The van der Waals surface area contributed by atoms with Crippen LogP contribution in [0.4, 0.5) is 0 Å². The Morgan fingerprint density at radius 2 is 2.04 bits per heavy atom. The summed E-state index contributed by atoms with van der Waals surface area (Å²) in [5, 5.41) is 0. The Hall–Kier alpha value is -2.02. The summed E-state index contributed by atoms with van der Waals surface area (Å²) in [7, 11) is 5.19. The summed E-state index contributed by atoms with van der Waals surface area (Å²) in [5.74, 6) is 1.55. The number of methoxy groups -OCH3 is 2. The Labute approximate surface area is 155 Å². The van der Waals surface area contributed by atoms with E-state index in [-0.39, 0.29) is 5.91 Å². The SMILES string of the molecule is COc1ccc(CCC(=O)N2CCc3nc(Br)n(C)c3C2)cc1OC. The van der Waals surface area contributed by atoms with Crippen molar-refractivity contribution in [2.45, 2.75) is 25.8 Å². The van der Waals surface area contributed by atoms with Crippen molar-refractivity contribution in [2.75, 3.05) is 20.8 Å². The number of halogens is 1. The number of hydrogen-bond donors (Lipinski definition) is 0. The number of fused-ring (bicyclic) bond motifs is 1. The first-order chi connectivity index (χ1) is 12.0. The van der Waals surface area contributed by atoms with Gasteiger partial charge in [0.1, 0.15) is 0 Å². The Kier molecular flexibility index (Phi) is 5.32. The third-order valence-corrected chi connectivity index (χ3v) is 5.34. The summed E-state index contributed by atoms with van der Waals surface area (Å²) in [4.78, 5) is 19.0. The summed E-state index contributed by atoms with van der Waals surface area (Å²) < 4.78 is 13.4. The molecule has 7 heteroatoms. The molecule has 0 saturated carbocycles. The van der Waals surface area contributed by atoms with Crippen LogP contribution in [-0.4, -0.2) is 41.1 Å². The van der Waals surface area contributed by atoms with Crippen molar-refractivity contribution < 1.29 is 14.3 Å². The minimum Gasteiger partial charge on any atom is -0.493 e. The van der Waals surface area contributed by atoms with Crippen molar-refractivity contribution in [3.63, 3.8) is 0 Å². The van der Waals surface area contributed by atoms with Crippen molar-refractivity contribution >= 4 is 21.8 Å². The molecule has 2 heterocycles. The number of imidazole rings is 1. The highest BCUT2D eigenvalue weighted by Crippen LogP contribution is 2.28. The lowest BCUT2D eigenvalue weighted by molar-refractivity contribution is -0.132. The Morgan fingerprint density at radius 3 is 2.76 bits per heavy atom. The number of hydrogen-bond acceptors (Lipinski definition) is 4. The van der Waals surface area contributed by atoms with Crippen LogP contribution < -0.4 is 9.47 Å². The van der Waals surface area contributed by atoms with Gasteiger partial charge in [0.25, 0.3) is 0 Å². The quantitative estimate of drug-likeness (QED) is 0.764. The van der Waals surface area contributed by atoms with E-state index in [1.54, 1.807) is 14.2 Å². The van der Waals surface area contributed by atoms with E-state index in [0.29, 0.717) is 30.9 Å². The third kappa shape index (κ3) is 3.66. The molecule has 0 atom stereocenters. The highest BCUT2D eigenvalue weighted by atomic mass is 79.9. The second-order valence-corrected chi connectivity index (χ2v) is 6.80. The van der Waals surface area contributed by atoms with E-state index in [4.69, 9.17) is 9.47 Å². The van der Waals surface area contributed by atoms with Crippen LogP contribution in [0.1, 0.15) is 23.4 Å². The fourth-order valence-corrected chi connectivity index (χ4v) is 3.54. The first-order valence-electron chi connectivity index (χ1n) is 8.22. The van der Waals surface area contributed by atoms with Gasteiger partial charge in [-0.25, -0.2) is 4.98 Å². The van der Waals surface area contributed by atoms with Crippen LogP contribution in [-0.2, 0) is 31.2 Å². The molecule has 2 aromatic rings. The predicted octanol–water partition coefficient (Wildman–Crippen LogP) is 2.72. The molecule has 1 amide bonds. The molecule has 1 aromatic heterocycles. The number of ether oxygens (including phenoxy) is 2. The van der Waals surface area contributed by atoms with Gasteiger partial charge >= 0.3 is 0 Å². The average molecular weight is 408 g/mol. The molecule has 0 saturated heterocycles. The fraction of sp³-hybridized carbons (Fsp3) is 0.444. The lowest BCUT2D eigenvalue weighted by Crippen LogP contribution is -2.36. The van der Waals surface area contributed by atoms with Crippen molar-refractivity contribution in [2.24, 2.45) is 7.05 Å². The van der Waals surface area contributed by atoms with E-state index >= 15 is 0 Å². The summed E-state index contributed by atoms with van der Waals surface area (Å²) in [5.41, 5.74) is 3.25. The van der Waals surface area contributed by atoms with Crippen LogP contribution >= 0.6 is 15.9 Å². The zero-order chi connectivity index (χ0) is 18.0. The van der Waals surface area contributed by atoms with E-state index in [1.807, 2.05) is 34.7 Å². The van der Waals surface area contributed by atoms with Gasteiger partial charge in [-0.05, 0) is 40.0 Å². The normalized spacial score (nSPS) is 13.5. The zero-order valence-electron chi connectivity index (χ0n) is 14.7. The highest BCUT2D eigenvalue weighted by molar-refractivity contribution is 9.10. The minimum atomic E-state index is 0.165. The van der Waals surface area contributed by atoms with E-state index in [0.717, 1.165) is 34.7 Å². The van der Waals surface area contributed by atoms with Gasteiger partial charge in [-0.1, -0.05) is 6.07 Å². The number of aryl methyl sites for hydroxylation is 1. The van der Waals surface area contributed by atoms with Crippen molar-refractivity contribution in [1.29, 1.82) is 0 Å². The maximum absolute atomic E-state index is 12.6. The van der Waals surface area contributed by atoms with Crippen LogP contribution in [0.15, 0.2) is 22.9 Å². The number of carbonyl (C=O) groups excluding carboxylic acids is 1. The molecule has 0 radical (unpaired) electrons. The summed E-state index contributed by atoms with van der Waals surface area (Å²) in [6.45, 7) is 1.34. The number of rotatable bonds is 5. The Bertz CT molecular complexity index is 788. The van der Waals surface area contributed by atoms with Crippen molar-refractivity contribution in [3.05, 3.63) is 39.9 Å². The molecule has 0 aliphatic carbocycles. The zero-order valence-corrected chi connectivity index (χ0v) is 16.3. The molecule has 0 N–H and O–H groups in total. The molecule has 0 unspecified atom stereocenters. The maximum atomic E-state index is 12.6. The van der Waals surface area contributed by atoms with E-state index < -0.39 is 0 Å². The van der Waals surface area contributed by atoms with Gasteiger partial charge in [-0.3, -0.25) is 4.79 Å². The topological polar surface area (TPSA) is 56.6 Å². The molecule has 1 aromatic carbocycles. The van der Waals surface area contributed by atoms with Crippen LogP contribution in [0.3, 0.4) is 0 Å². The van der Waals surface area contributed by atoms with E-state index in [2.05, 4.69) is 20.9 Å². The molecular weight excluding hydrogens is 386 g/mol. The third-order valence-electron chi connectivity index (χ3n) is 4.63. The Balaban J connectivity index is 1.63. The predicted molar refractivity (Wildman–Crippen MR) is 97.9 cm³/mol. The van der Waals surface area contributed by atoms with Crippen molar-refractivity contribution in [3.8, 4) is 11.5 Å². The summed E-state index contributed by atoms with van der Waals surface area (Å²) in [6, 6.07) is 5.78. The van der Waals surface area contributed by atoms with Gasteiger partial charge in [0.2, 0.25) is 5.91 Å². The van der Waals surface area contributed by atoms with Gasteiger partial charge in [-0.15, -0.1) is 0 Å². The molecular formula is C18H22BrN3O3. The first-order valence-corrected chi connectivity index (χ1v) is 9.01. The van der Waals surface area contributed by atoms with Crippen LogP contribution in [0, 0.1) is 0 Å². The molecule has 1 aliphatic rings. The smallest absolute Gasteiger partial charge is 0.223 e. The summed E-state index contributed by atoms with van der Waals surface area (Å²) >= 11 is 3.45. The van der Waals surface area contributed by atoms with E-state index in [1.165, 1.54) is 0 Å². The number of benzene rings is 1.